The van der Waals surface area contributed by atoms with Gasteiger partial charge in [0.05, 0.1) is 13.2 Å². The molecule has 0 aliphatic carbocycles. The lowest BCUT2D eigenvalue weighted by molar-refractivity contribution is 0.133. The number of methoxy groups -OCH3 is 1. The largest absolute Gasteiger partial charge is 0.394 e. The van der Waals surface area contributed by atoms with Crippen LogP contribution in [-0.2, 0) is 4.74 Å². The highest BCUT2D eigenvalue weighted by Crippen LogP contribution is 2.08. The summed E-state index contributed by atoms with van der Waals surface area (Å²) in [5, 5.41) is 12.6. The third-order valence-electron chi connectivity index (χ3n) is 2.67. The highest BCUT2D eigenvalue weighted by molar-refractivity contribution is 4.82. The van der Waals surface area contributed by atoms with Crippen LogP contribution in [0.2, 0.25) is 0 Å². The molecule has 0 fully saturated rings. The summed E-state index contributed by atoms with van der Waals surface area (Å²) in [6, 6.07) is 0. The summed E-state index contributed by atoms with van der Waals surface area (Å²) < 4.78 is 5.01. The van der Waals surface area contributed by atoms with Crippen molar-refractivity contribution in [2.75, 3.05) is 47.0 Å². The van der Waals surface area contributed by atoms with Gasteiger partial charge >= 0.3 is 0 Å². The van der Waals surface area contributed by atoms with Crippen molar-refractivity contribution in [3.05, 3.63) is 0 Å². The second-order valence-electron chi connectivity index (χ2n) is 4.30. The normalized spacial score (nSPS) is 15.6. The van der Waals surface area contributed by atoms with Gasteiger partial charge in [-0.2, -0.15) is 0 Å². The molecule has 0 aromatic carbocycles. The molecule has 0 amide bonds. The second-order valence-corrected chi connectivity index (χ2v) is 4.30. The predicted octanol–water partition coefficient (Wildman–Crippen LogP) is 0.315. The van der Waals surface area contributed by atoms with Crippen molar-refractivity contribution >= 4 is 0 Å². The Bertz CT molecular complexity index is 156. The summed E-state index contributed by atoms with van der Waals surface area (Å²) in [4.78, 5) is 2.22. The molecular formula is C11H26N2O2. The van der Waals surface area contributed by atoms with E-state index in [0.29, 0.717) is 0 Å². The van der Waals surface area contributed by atoms with Crippen LogP contribution in [0, 0.1) is 0 Å². The molecule has 4 heteroatoms. The Kier molecular flexibility index (Phi) is 7.96. The molecule has 0 heterocycles. The summed E-state index contributed by atoms with van der Waals surface area (Å²) >= 11 is 0. The van der Waals surface area contributed by atoms with Gasteiger partial charge in [-0.25, -0.2) is 0 Å². The van der Waals surface area contributed by atoms with Crippen LogP contribution in [0.5, 0.6) is 0 Å². The first-order valence-electron chi connectivity index (χ1n) is 5.61. The van der Waals surface area contributed by atoms with Gasteiger partial charge in [0, 0.05) is 19.2 Å². The number of likely N-dealkylation sites (N-methyl/N-ethyl adjacent to an activating group) is 2. The molecule has 0 saturated heterocycles. The van der Waals surface area contributed by atoms with E-state index in [9.17, 15) is 5.11 Å². The van der Waals surface area contributed by atoms with Gasteiger partial charge in [-0.15, -0.1) is 0 Å². The van der Waals surface area contributed by atoms with Crippen LogP contribution in [-0.4, -0.2) is 62.6 Å². The molecule has 1 unspecified atom stereocenters. The van der Waals surface area contributed by atoms with Crippen LogP contribution in [0.25, 0.3) is 0 Å². The molecule has 0 rings (SSSR count). The minimum absolute atomic E-state index is 0.157. The van der Waals surface area contributed by atoms with Crippen molar-refractivity contribution in [3.8, 4) is 0 Å². The number of hydrogen-bond donors (Lipinski definition) is 2. The zero-order valence-corrected chi connectivity index (χ0v) is 10.5. The third kappa shape index (κ3) is 6.84. The van der Waals surface area contributed by atoms with Crippen molar-refractivity contribution in [2.45, 2.75) is 25.8 Å². The van der Waals surface area contributed by atoms with Crippen LogP contribution in [0.4, 0.5) is 0 Å². The maximum absolute atomic E-state index is 9.30. The molecule has 0 bridgehead atoms. The van der Waals surface area contributed by atoms with E-state index in [1.807, 2.05) is 0 Å². The summed E-state index contributed by atoms with van der Waals surface area (Å²) in [6.07, 6.45) is 0.942. The maximum atomic E-state index is 9.30. The highest BCUT2D eigenvalue weighted by Gasteiger charge is 2.21. The Labute approximate surface area is 93.6 Å². The predicted molar refractivity (Wildman–Crippen MR) is 63.2 cm³/mol. The van der Waals surface area contributed by atoms with E-state index in [1.165, 1.54) is 0 Å². The highest BCUT2D eigenvalue weighted by atomic mass is 16.5. The lowest BCUT2D eigenvalue weighted by Gasteiger charge is -2.30. The zero-order chi connectivity index (χ0) is 11.7. The van der Waals surface area contributed by atoms with Crippen molar-refractivity contribution in [2.24, 2.45) is 0 Å². The quantitative estimate of drug-likeness (QED) is 0.585. The van der Waals surface area contributed by atoms with Crippen LogP contribution in [0.3, 0.4) is 0 Å². The smallest absolute Gasteiger partial charge is 0.0611 e. The summed E-state index contributed by atoms with van der Waals surface area (Å²) in [5.41, 5.74) is -0.157. The first-order chi connectivity index (χ1) is 7.08. The zero-order valence-electron chi connectivity index (χ0n) is 10.5. The fourth-order valence-corrected chi connectivity index (χ4v) is 1.45. The Morgan fingerprint density at radius 2 is 2.07 bits per heavy atom. The Morgan fingerprint density at radius 3 is 2.53 bits per heavy atom. The van der Waals surface area contributed by atoms with Crippen molar-refractivity contribution in [3.63, 3.8) is 0 Å². The molecule has 0 aliphatic rings. The van der Waals surface area contributed by atoms with Gasteiger partial charge in [0.1, 0.15) is 0 Å². The number of nitrogens with one attached hydrogen (secondary N) is 1. The lowest BCUT2D eigenvalue weighted by Crippen LogP contribution is -2.47. The van der Waals surface area contributed by atoms with Crippen LogP contribution >= 0.6 is 0 Å². The average molecular weight is 218 g/mol. The van der Waals surface area contributed by atoms with E-state index in [1.54, 1.807) is 7.11 Å². The van der Waals surface area contributed by atoms with E-state index >= 15 is 0 Å². The van der Waals surface area contributed by atoms with Gasteiger partial charge in [0.25, 0.3) is 0 Å². The van der Waals surface area contributed by atoms with Gasteiger partial charge < -0.3 is 20.1 Å². The molecule has 0 aliphatic heterocycles. The molecule has 0 aromatic rings. The summed E-state index contributed by atoms with van der Waals surface area (Å²) in [7, 11) is 3.78. The molecule has 92 valence electrons. The minimum atomic E-state index is -0.157. The van der Waals surface area contributed by atoms with E-state index in [0.717, 1.165) is 32.7 Å². The first-order valence-corrected chi connectivity index (χ1v) is 5.61. The first kappa shape index (κ1) is 14.8. The SMILES string of the molecule is CCNC(C)(CO)CCN(C)CCOC. The number of ether oxygens (including phenoxy) is 1. The van der Waals surface area contributed by atoms with Gasteiger partial charge in [0.15, 0.2) is 0 Å². The Hall–Kier alpha value is -0.160. The number of aliphatic hydroxyl groups excluding tert-OH is 1. The van der Waals surface area contributed by atoms with Crippen molar-refractivity contribution in [1.82, 2.24) is 10.2 Å². The molecular weight excluding hydrogens is 192 g/mol. The molecule has 1 atom stereocenters. The average Bonchev–Trinajstić information content (AvgIpc) is 2.24. The van der Waals surface area contributed by atoms with E-state index in [4.69, 9.17) is 4.74 Å². The fourth-order valence-electron chi connectivity index (χ4n) is 1.45. The van der Waals surface area contributed by atoms with Gasteiger partial charge in [-0.3, -0.25) is 0 Å². The van der Waals surface area contributed by atoms with Gasteiger partial charge in [0.2, 0.25) is 0 Å². The van der Waals surface area contributed by atoms with E-state index in [-0.39, 0.29) is 12.1 Å². The van der Waals surface area contributed by atoms with Crippen molar-refractivity contribution < 1.29 is 9.84 Å². The van der Waals surface area contributed by atoms with Crippen molar-refractivity contribution in [1.29, 1.82) is 0 Å². The second kappa shape index (κ2) is 8.05. The van der Waals surface area contributed by atoms with Gasteiger partial charge in [-0.1, -0.05) is 6.92 Å². The Morgan fingerprint density at radius 1 is 1.40 bits per heavy atom. The number of aliphatic hydroxyl groups is 1. The maximum Gasteiger partial charge on any atom is 0.0611 e. The summed E-state index contributed by atoms with van der Waals surface area (Å²) in [5.74, 6) is 0. The van der Waals surface area contributed by atoms with E-state index < -0.39 is 0 Å². The molecule has 4 nitrogen and oxygen atoms in total. The number of rotatable bonds is 9. The van der Waals surface area contributed by atoms with Crippen LogP contribution in [0.1, 0.15) is 20.3 Å². The van der Waals surface area contributed by atoms with Crippen LogP contribution < -0.4 is 5.32 Å². The molecule has 15 heavy (non-hydrogen) atoms. The lowest BCUT2D eigenvalue weighted by atomic mass is 9.99. The molecule has 2 N–H and O–H groups in total. The standard InChI is InChI=1S/C11H26N2O2/c1-5-12-11(2,10-14)6-7-13(3)8-9-15-4/h12,14H,5-10H2,1-4H3. The van der Waals surface area contributed by atoms with Crippen LogP contribution in [0.15, 0.2) is 0 Å². The van der Waals surface area contributed by atoms with E-state index in [2.05, 4.69) is 31.1 Å². The monoisotopic (exact) mass is 218 g/mol. The summed E-state index contributed by atoms with van der Waals surface area (Å²) in [6.45, 7) is 7.84. The molecule has 0 spiro atoms. The van der Waals surface area contributed by atoms with Gasteiger partial charge in [-0.05, 0) is 33.5 Å². The topological polar surface area (TPSA) is 44.7 Å². The fraction of sp³-hybridized carbons (Fsp3) is 1.00. The number of hydrogen-bond acceptors (Lipinski definition) is 4. The minimum Gasteiger partial charge on any atom is -0.394 e. The Balaban J connectivity index is 3.78. The molecule has 0 aromatic heterocycles. The third-order valence-corrected chi connectivity index (χ3v) is 2.67. The number of nitrogens with zero attached hydrogens (tertiary/aromatic N) is 1. The molecule has 0 saturated carbocycles. The molecule has 0 radical (unpaired) electrons.